The van der Waals surface area contributed by atoms with Gasteiger partial charge < -0.3 is 9.73 Å². The molecular formula is C17H17N3O4S2. The molecule has 1 aromatic carbocycles. The molecule has 0 bridgehead atoms. The van der Waals surface area contributed by atoms with Crippen molar-refractivity contribution in [2.45, 2.75) is 18.7 Å². The average Bonchev–Trinajstić information content (AvgIpc) is 3.25. The summed E-state index contributed by atoms with van der Waals surface area (Å²) in [6, 6.07) is 8.24. The van der Waals surface area contributed by atoms with Gasteiger partial charge >= 0.3 is 0 Å². The van der Waals surface area contributed by atoms with Gasteiger partial charge in [0.05, 0.1) is 11.2 Å². The molecule has 3 rings (SSSR count). The van der Waals surface area contributed by atoms with E-state index in [4.69, 9.17) is 4.42 Å². The van der Waals surface area contributed by atoms with Crippen LogP contribution in [0.3, 0.4) is 0 Å². The van der Waals surface area contributed by atoms with Gasteiger partial charge in [0.2, 0.25) is 10.0 Å². The van der Waals surface area contributed by atoms with Crippen molar-refractivity contribution in [1.82, 2.24) is 9.71 Å². The molecular weight excluding hydrogens is 374 g/mol. The van der Waals surface area contributed by atoms with E-state index < -0.39 is 15.9 Å². The van der Waals surface area contributed by atoms with Gasteiger partial charge in [-0.2, -0.15) is 0 Å². The van der Waals surface area contributed by atoms with Crippen LogP contribution in [0.4, 0.5) is 5.69 Å². The molecule has 136 valence electrons. The lowest BCUT2D eigenvalue weighted by Gasteiger charge is -2.10. The highest BCUT2D eigenvalue weighted by atomic mass is 32.2. The molecule has 0 spiro atoms. The molecule has 0 aliphatic carbocycles. The van der Waals surface area contributed by atoms with Gasteiger partial charge in [-0.3, -0.25) is 4.79 Å². The summed E-state index contributed by atoms with van der Waals surface area (Å²) in [5.74, 6) is 0.183. The van der Waals surface area contributed by atoms with Gasteiger partial charge in [-0.25, -0.2) is 18.1 Å². The number of furan rings is 1. The van der Waals surface area contributed by atoms with E-state index in [0.29, 0.717) is 22.0 Å². The third kappa shape index (κ3) is 3.55. The van der Waals surface area contributed by atoms with Gasteiger partial charge in [0, 0.05) is 10.6 Å². The van der Waals surface area contributed by atoms with E-state index in [2.05, 4.69) is 15.0 Å². The third-order valence-corrected chi connectivity index (χ3v) is 6.29. The minimum absolute atomic E-state index is 0.115. The van der Waals surface area contributed by atoms with Crippen LogP contribution in [0.2, 0.25) is 0 Å². The summed E-state index contributed by atoms with van der Waals surface area (Å²) < 4.78 is 31.7. The largest absolute Gasteiger partial charge is 0.462 e. The van der Waals surface area contributed by atoms with Crippen LogP contribution >= 0.6 is 11.3 Å². The van der Waals surface area contributed by atoms with Crippen LogP contribution in [0.15, 0.2) is 45.9 Å². The maximum atomic E-state index is 12.6. The Morgan fingerprint density at radius 1 is 1.23 bits per heavy atom. The number of rotatable bonds is 5. The first-order valence-electron chi connectivity index (χ1n) is 7.68. The minimum Gasteiger partial charge on any atom is -0.462 e. The maximum absolute atomic E-state index is 12.6. The number of carbonyl (C=O) groups excluding carboxylic acids is 1. The normalized spacial score (nSPS) is 11.5. The molecule has 0 atom stereocenters. The van der Waals surface area contributed by atoms with Crippen molar-refractivity contribution in [3.63, 3.8) is 0 Å². The Labute approximate surface area is 155 Å². The van der Waals surface area contributed by atoms with E-state index in [1.807, 2.05) is 0 Å². The molecule has 2 N–H and O–H groups in total. The predicted molar refractivity (Wildman–Crippen MR) is 99.9 cm³/mol. The number of benzene rings is 1. The molecule has 0 aliphatic rings. The molecule has 0 saturated heterocycles. The van der Waals surface area contributed by atoms with E-state index in [9.17, 15) is 13.2 Å². The van der Waals surface area contributed by atoms with E-state index in [-0.39, 0.29) is 10.6 Å². The molecule has 9 heteroatoms. The van der Waals surface area contributed by atoms with Gasteiger partial charge in [0.1, 0.15) is 5.69 Å². The molecule has 0 saturated carbocycles. The summed E-state index contributed by atoms with van der Waals surface area (Å²) in [6.07, 6.45) is 1.54. The minimum atomic E-state index is -3.61. The third-order valence-electron chi connectivity index (χ3n) is 3.75. The fourth-order valence-corrected chi connectivity index (χ4v) is 4.25. The standard InChI is InChI=1S/C17H17N3O4S2/c1-10-6-7-12(9-14(10)26(22,23)18-3)19-16(21)15-11(2)25-17(20-15)13-5-4-8-24-13/h4-9,18H,1-3H3,(H,19,21). The van der Waals surface area contributed by atoms with Crippen LogP contribution < -0.4 is 10.0 Å². The van der Waals surface area contributed by atoms with E-state index in [1.165, 1.54) is 24.5 Å². The van der Waals surface area contributed by atoms with Crippen molar-refractivity contribution in [3.8, 4) is 10.8 Å². The number of aryl methyl sites for hydroxylation is 2. The number of thiazole rings is 1. The van der Waals surface area contributed by atoms with Crippen molar-refractivity contribution in [2.24, 2.45) is 0 Å². The number of amides is 1. The zero-order valence-electron chi connectivity index (χ0n) is 14.4. The molecule has 0 aliphatic heterocycles. The van der Waals surface area contributed by atoms with Crippen LogP contribution in [-0.2, 0) is 10.0 Å². The number of nitrogens with one attached hydrogen (secondary N) is 2. The number of aromatic nitrogens is 1. The summed E-state index contributed by atoms with van der Waals surface area (Å²) in [5.41, 5.74) is 1.24. The number of sulfonamides is 1. The fourth-order valence-electron chi connectivity index (χ4n) is 2.38. The Hall–Kier alpha value is -2.49. The molecule has 26 heavy (non-hydrogen) atoms. The van der Waals surface area contributed by atoms with Gasteiger partial charge in [-0.15, -0.1) is 11.3 Å². The first-order valence-corrected chi connectivity index (χ1v) is 9.98. The summed E-state index contributed by atoms with van der Waals surface area (Å²) >= 11 is 1.35. The highest BCUT2D eigenvalue weighted by Gasteiger charge is 2.19. The molecule has 0 radical (unpaired) electrons. The molecule has 2 heterocycles. The molecule has 0 fully saturated rings. The number of hydrogen-bond donors (Lipinski definition) is 2. The summed E-state index contributed by atoms with van der Waals surface area (Å²) in [7, 11) is -2.27. The molecule has 2 aromatic heterocycles. The van der Waals surface area contributed by atoms with E-state index >= 15 is 0 Å². The topological polar surface area (TPSA) is 101 Å². The Morgan fingerprint density at radius 2 is 2.00 bits per heavy atom. The summed E-state index contributed by atoms with van der Waals surface area (Å²) in [4.78, 5) is 17.8. The Morgan fingerprint density at radius 3 is 2.65 bits per heavy atom. The molecule has 0 unspecified atom stereocenters. The van der Waals surface area contributed by atoms with Crippen molar-refractivity contribution >= 4 is 33.0 Å². The number of anilines is 1. The van der Waals surface area contributed by atoms with E-state index in [0.717, 1.165) is 4.88 Å². The van der Waals surface area contributed by atoms with Crippen LogP contribution in [0.5, 0.6) is 0 Å². The number of hydrogen-bond acceptors (Lipinski definition) is 6. The van der Waals surface area contributed by atoms with Gasteiger partial charge in [0.15, 0.2) is 10.8 Å². The predicted octanol–water partition coefficient (Wildman–Crippen LogP) is 3.18. The van der Waals surface area contributed by atoms with Crippen LogP contribution in [0.1, 0.15) is 20.9 Å². The molecule has 1 amide bonds. The SMILES string of the molecule is CNS(=O)(=O)c1cc(NC(=O)c2nc(-c3ccco3)sc2C)ccc1C. The van der Waals surface area contributed by atoms with Gasteiger partial charge in [0.25, 0.3) is 5.91 Å². The smallest absolute Gasteiger partial charge is 0.275 e. The van der Waals surface area contributed by atoms with Gasteiger partial charge in [-0.05, 0) is 50.7 Å². The average molecular weight is 391 g/mol. The first kappa shape index (κ1) is 18.3. The number of carbonyl (C=O) groups is 1. The Bertz CT molecular complexity index is 1050. The van der Waals surface area contributed by atoms with Crippen LogP contribution in [0, 0.1) is 13.8 Å². The lowest BCUT2D eigenvalue weighted by atomic mass is 10.2. The van der Waals surface area contributed by atoms with Crippen LogP contribution in [-0.4, -0.2) is 26.4 Å². The monoisotopic (exact) mass is 391 g/mol. The lowest BCUT2D eigenvalue weighted by molar-refractivity contribution is 0.102. The second kappa shape index (κ2) is 7.02. The summed E-state index contributed by atoms with van der Waals surface area (Å²) in [5, 5.41) is 3.31. The van der Waals surface area contributed by atoms with Crippen LogP contribution in [0.25, 0.3) is 10.8 Å². The highest BCUT2D eigenvalue weighted by Crippen LogP contribution is 2.28. The van der Waals surface area contributed by atoms with Crippen molar-refractivity contribution < 1.29 is 17.6 Å². The quantitative estimate of drug-likeness (QED) is 0.696. The van der Waals surface area contributed by atoms with Crippen molar-refractivity contribution in [1.29, 1.82) is 0 Å². The second-order valence-electron chi connectivity index (χ2n) is 5.54. The molecule has 3 aromatic rings. The fraction of sp³-hybridized carbons (Fsp3) is 0.176. The number of nitrogens with zero attached hydrogens (tertiary/aromatic N) is 1. The van der Waals surface area contributed by atoms with E-state index in [1.54, 1.807) is 44.4 Å². The summed E-state index contributed by atoms with van der Waals surface area (Å²) in [6.45, 7) is 3.49. The molecule has 7 nitrogen and oxygen atoms in total. The van der Waals surface area contributed by atoms with Gasteiger partial charge in [-0.1, -0.05) is 6.07 Å². The highest BCUT2D eigenvalue weighted by molar-refractivity contribution is 7.89. The second-order valence-corrected chi connectivity index (χ2v) is 8.60. The zero-order valence-corrected chi connectivity index (χ0v) is 16.0. The Kier molecular flexibility index (Phi) is 4.94. The maximum Gasteiger partial charge on any atom is 0.275 e. The van der Waals surface area contributed by atoms with Crippen molar-refractivity contribution in [2.75, 3.05) is 12.4 Å². The van der Waals surface area contributed by atoms with Crippen molar-refractivity contribution in [3.05, 3.63) is 52.7 Å². The Balaban J connectivity index is 1.88. The lowest BCUT2D eigenvalue weighted by Crippen LogP contribution is -2.20. The zero-order chi connectivity index (χ0) is 18.9. The first-order chi connectivity index (χ1) is 12.3.